The zero-order valence-electron chi connectivity index (χ0n) is 20.6. The molecule has 0 spiro atoms. The molecule has 1 aliphatic carbocycles. The van der Waals surface area contributed by atoms with Crippen molar-refractivity contribution in [3.63, 3.8) is 0 Å². The Morgan fingerprint density at radius 2 is 1.71 bits per heavy atom. The van der Waals surface area contributed by atoms with E-state index in [4.69, 9.17) is 14.0 Å². The number of hydrogen-bond donors (Lipinski definition) is 1. The van der Waals surface area contributed by atoms with E-state index in [1.54, 1.807) is 25.1 Å². The third-order valence-corrected chi connectivity index (χ3v) is 6.56. The third kappa shape index (κ3) is 4.50. The van der Waals surface area contributed by atoms with Gasteiger partial charge in [-0.15, -0.1) is 0 Å². The summed E-state index contributed by atoms with van der Waals surface area (Å²) in [7, 11) is 3.02. The average molecular weight is 530 g/mol. The first-order valence-electron chi connectivity index (χ1n) is 11.6. The minimum Gasteiger partial charge on any atom is -0.493 e. The van der Waals surface area contributed by atoms with E-state index in [0.717, 1.165) is 6.07 Å². The van der Waals surface area contributed by atoms with E-state index in [1.165, 1.54) is 26.4 Å². The van der Waals surface area contributed by atoms with Gasteiger partial charge in [0.05, 0.1) is 43.1 Å². The van der Waals surface area contributed by atoms with E-state index in [9.17, 15) is 22.4 Å². The van der Waals surface area contributed by atoms with Crippen molar-refractivity contribution >= 4 is 22.8 Å². The summed E-state index contributed by atoms with van der Waals surface area (Å²) in [6.07, 6.45) is -5.03. The van der Waals surface area contributed by atoms with Crippen LogP contribution in [-0.2, 0) is 16.6 Å². The van der Waals surface area contributed by atoms with E-state index in [0.29, 0.717) is 39.5 Å². The Bertz CT molecular complexity index is 1550. The maximum Gasteiger partial charge on any atom is 0.401 e. The van der Waals surface area contributed by atoms with Gasteiger partial charge in [-0.05, 0) is 31.4 Å². The molecule has 5 rings (SSSR count). The van der Waals surface area contributed by atoms with Gasteiger partial charge in [0.15, 0.2) is 23.1 Å². The SMILES string of the molecule is COc1cc2nc(C)c(-c3ccc(CC(=O)Nc4cc(C5(C(F)(F)F)CC5)on4)c(F)c3)nc2cc1OC. The highest BCUT2D eigenvalue weighted by Gasteiger charge is 2.66. The number of rotatable bonds is 7. The van der Waals surface area contributed by atoms with Crippen LogP contribution in [0.4, 0.5) is 23.4 Å². The number of fused-ring (bicyclic) bond motifs is 1. The van der Waals surface area contributed by atoms with Gasteiger partial charge in [0, 0.05) is 23.8 Å². The zero-order valence-corrected chi connectivity index (χ0v) is 20.6. The quantitative estimate of drug-likeness (QED) is 0.314. The molecule has 2 heterocycles. The summed E-state index contributed by atoms with van der Waals surface area (Å²) in [6.45, 7) is 1.74. The Hall–Kier alpha value is -4.22. The number of aromatic nitrogens is 3. The number of carbonyl (C=O) groups is 1. The summed E-state index contributed by atoms with van der Waals surface area (Å²) in [6, 6.07) is 8.75. The van der Waals surface area contributed by atoms with Gasteiger partial charge in [-0.3, -0.25) is 4.79 Å². The number of aryl methyl sites for hydroxylation is 1. The van der Waals surface area contributed by atoms with Crippen molar-refractivity contribution in [2.75, 3.05) is 19.5 Å². The predicted molar refractivity (Wildman–Crippen MR) is 129 cm³/mol. The molecule has 0 radical (unpaired) electrons. The van der Waals surface area contributed by atoms with Crippen LogP contribution in [0.25, 0.3) is 22.3 Å². The van der Waals surface area contributed by atoms with Gasteiger partial charge in [-0.2, -0.15) is 13.2 Å². The molecule has 1 amide bonds. The number of carbonyl (C=O) groups excluding carboxylic acids is 1. The Labute approximate surface area is 214 Å². The lowest BCUT2D eigenvalue weighted by Gasteiger charge is -2.14. The van der Waals surface area contributed by atoms with E-state index < -0.39 is 23.3 Å². The first kappa shape index (κ1) is 25.4. The topological polar surface area (TPSA) is 99.4 Å². The number of alkyl halides is 3. The van der Waals surface area contributed by atoms with Crippen LogP contribution in [0.5, 0.6) is 11.5 Å². The Morgan fingerprint density at radius 3 is 2.29 bits per heavy atom. The number of benzene rings is 2. The van der Waals surface area contributed by atoms with Crippen molar-refractivity contribution in [2.24, 2.45) is 0 Å². The van der Waals surface area contributed by atoms with Crippen molar-refractivity contribution < 1.29 is 36.4 Å². The lowest BCUT2D eigenvalue weighted by atomic mass is 10.0. The monoisotopic (exact) mass is 530 g/mol. The number of methoxy groups -OCH3 is 2. The third-order valence-electron chi connectivity index (χ3n) is 6.56. The molecule has 0 aliphatic heterocycles. The average Bonchev–Trinajstić information content (AvgIpc) is 3.58. The second-order valence-corrected chi connectivity index (χ2v) is 9.04. The molecular formula is C26H22F4N4O4. The molecule has 0 unspecified atom stereocenters. The van der Waals surface area contributed by atoms with Gasteiger partial charge in [-0.1, -0.05) is 17.3 Å². The van der Waals surface area contributed by atoms with Crippen LogP contribution in [0.2, 0.25) is 0 Å². The molecule has 0 atom stereocenters. The van der Waals surface area contributed by atoms with Gasteiger partial charge in [-0.25, -0.2) is 14.4 Å². The number of nitrogens with one attached hydrogen (secondary N) is 1. The molecule has 12 heteroatoms. The highest BCUT2D eigenvalue weighted by molar-refractivity contribution is 5.91. The lowest BCUT2D eigenvalue weighted by molar-refractivity contribution is -0.165. The van der Waals surface area contributed by atoms with E-state index in [2.05, 4.69) is 20.4 Å². The van der Waals surface area contributed by atoms with Crippen LogP contribution in [0.3, 0.4) is 0 Å². The molecule has 4 aromatic rings. The Morgan fingerprint density at radius 1 is 1.05 bits per heavy atom. The molecule has 198 valence electrons. The van der Waals surface area contributed by atoms with Crippen LogP contribution in [-0.4, -0.2) is 41.4 Å². The van der Waals surface area contributed by atoms with Crippen molar-refractivity contribution in [3.05, 3.63) is 59.2 Å². The molecule has 0 bridgehead atoms. The lowest BCUT2D eigenvalue weighted by Crippen LogP contribution is -2.28. The van der Waals surface area contributed by atoms with Crippen molar-refractivity contribution in [3.8, 4) is 22.8 Å². The molecular weight excluding hydrogens is 508 g/mol. The minimum atomic E-state index is -4.47. The van der Waals surface area contributed by atoms with Gasteiger partial charge in [0.1, 0.15) is 11.2 Å². The normalized spacial score (nSPS) is 14.4. The number of halogens is 4. The Balaban J connectivity index is 1.33. The molecule has 38 heavy (non-hydrogen) atoms. The van der Waals surface area contributed by atoms with E-state index in [-0.39, 0.29) is 36.4 Å². The van der Waals surface area contributed by atoms with Crippen LogP contribution < -0.4 is 14.8 Å². The van der Waals surface area contributed by atoms with Gasteiger partial charge in [0.25, 0.3) is 0 Å². The van der Waals surface area contributed by atoms with E-state index >= 15 is 0 Å². The zero-order chi connectivity index (χ0) is 27.2. The van der Waals surface area contributed by atoms with Crippen molar-refractivity contribution in [2.45, 2.75) is 37.8 Å². The van der Waals surface area contributed by atoms with Gasteiger partial charge >= 0.3 is 6.18 Å². The largest absolute Gasteiger partial charge is 0.493 e. The summed E-state index contributed by atoms with van der Waals surface area (Å²) in [5, 5.41) is 5.88. The summed E-state index contributed by atoms with van der Waals surface area (Å²) in [5.41, 5.74) is 0.607. The van der Waals surface area contributed by atoms with Gasteiger partial charge in [0.2, 0.25) is 5.91 Å². The van der Waals surface area contributed by atoms with Crippen LogP contribution in [0.15, 0.2) is 40.9 Å². The number of anilines is 1. The number of ether oxygens (including phenoxy) is 2. The van der Waals surface area contributed by atoms with Crippen molar-refractivity contribution in [1.82, 2.24) is 15.1 Å². The summed E-state index contributed by atoms with van der Waals surface area (Å²) >= 11 is 0. The smallest absolute Gasteiger partial charge is 0.401 e. The molecule has 1 saturated carbocycles. The minimum absolute atomic E-state index is 0.0849. The second kappa shape index (κ2) is 9.26. The summed E-state index contributed by atoms with van der Waals surface area (Å²) < 4.78 is 70.2. The first-order chi connectivity index (χ1) is 18.0. The maximum absolute atomic E-state index is 15.0. The summed E-state index contributed by atoms with van der Waals surface area (Å²) in [4.78, 5) is 21.6. The van der Waals surface area contributed by atoms with Crippen molar-refractivity contribution in [1.29, 1.82) is 0 Å². The molecule has 1 N–H and O–H groups in total. The van der Waals surface area contributed by atoms with Crippen LogP contribution >= 0.6 is 0 Å². The van der Waals surface area contributed by atoms with E-state index in [1.807, 2.05) is 0 Å². The highest BCUT2D eigenvalue weighted by atomic mass is 19.4. The fraction of sp³-hybridized carbons (Fsp3) is 0.308. The maximum atomic E-state index is 15.0. The predicted octanol–water partition coefficient (Wildman–Crippen LogP) is 5.52. The number of amides is 1. The van der Waals surface area contributed by atoms with Crippen LogP contribution in [0, 0.1) is 12.7 Å². The van der Waals surface area contributed by atoms with Gasteiger partial charge < -0.3 is 19.3 Å². The standard InChI is InChI=1S/C26H22F4N4O4/c1-13-24(32-18-11-20(37-3)19(36-2)10-17(18)31-13)15-5-4-14(16(27)8-15)9-23(35)33-22-12-21(38-34-22)25(6-7-25)26(28,29)30/h4-5,8,10-12H,6-7,9H2,1-3H3,(H,33,34,35). The number of nitrogens with zero attached hydrogens (tertiary/aromatic N) is 3. The number of hydrogen-bond acceptors (Lipinski definition) is 7. The fourth-order valence-electron chi connectivity index (χ4n) is 4.30. The Kier molecular flexibility index (Phi) is 6.20. The fourth-order valence-corrected chi connectivity index (χ4v) is 4.30. The first-order valence-corrected chi connectivity index (χ1v) is 11.6. The highest BCUT2D eigenvalue weighted by Crippen LogP contribution is 2.59. The van der Waals surface area contributed by atoms with Crippen LogP contribution in [0.1, 0.15) is 29.9 Å². The molecule has 1 fully saturated rings. The summed E-state index contributed by atoms with van der Waals surface area (Å²) in [5.74, 6) is -0.839. The second-order valence-electron chi connectivity index (χ2n) is 9.04. The molecule has 2 aromatic carbocycles. The molecule has 2 aromatic heterocycles. The molecule has 1 aliphatic rings. The molecule has 0 saturated heterocycles. The molecule has 8 nitrogen and oxygen atoms in total.